The molecule has 168 valence electrons. The first-order valence-electron chi connectivity index (χ1n) is 11.2. The van der Waals surface area contributed by atoms with E-state index in [0.29, 0.717) is 18.9 Å². The van der Waals surface area contributed by atoms with E-state index in [0.717, 1.165) is 41.3 Å². The first-order valence-corrected chi connectivity index (χ1v) is 11.2. The van der Waals surface area contributed by atoms with Crippen molar-refractivity contribution in [1.29, 1.82) is 0 Å². The molecule has 5 rings (SSSR count). The van der Waals surface area contributed by atoms with Gasteiger partial charge in [0.25, 0.3) is 0 Å². The zero-order chi connectivity index (χ0) is 22.8. The number of rotatable bonds is 5. The molecule has 0 aliphatic carbocycles. The molecule has 1 aliphatic rings. The lowest BCUT2D eigenvalue weighted by molar-refractivity contribution is -0.132. The molecule has 0 spiro atoms. The maximum absolute atomic E-state index is 13.1. The Labute approximate surface area is 193 Å². The van der Waals surface area contributed by atoms with E-state index in [4.69, 9.17) is 4.74 Å². The third kappa shape index (κ3) is 4.39. The van der Waals surface area contributed by atoms with Crippen LogP contribution in [-0.2, 0) is 11.3 Å². The van der Waals surface area contributed by atoms with Crippen LogP contribution in [-0.4, -0.2) is 58.9 Å². The normalized spacial score (nSPS) is 14.0. The number of hydrogen-bond acceptors (Lipinski definition) is 5. The Morgan fingerprint density at radius 1 is 0.939 bits per heavy atom. The zero-order valence-corrected chi connectivity index (χ0v) is 18.9. The highest BCUT2D eigenvalue weighted by Crippen LogP contribution is 2.24. The fourth-order valence-corrected chi connectivity index (χ4v) is 4.34. The minimum atomic E-state index is 0.0660. The van der Waals surface area contributed by atoms with Crippen LogP contribution < -0.4 is 9.64 Å². The van der Waals surface area contributed by atoms with E-state index in [1.165, 1.54) is 5.39 Å². The van der Waals surface area contributed by atoms with Crippen LogP contribution in [0.2, 0.25) is 0 Å². The van der Waals surface area contributed by atoms with Gasteiger partial charge in [-0.2, -0.15) is 5.10 Å². The monoisotopic (exact) mass is 441 g/mol. The largest absolute Gasteiger partial charge is 0.497 e. The summed E-state index contributed by atoms with van der Waals surface area (Å²) >= 11 is 0. The quantitative estimate of drug-likeness (QED) is 0.472. The molecule has 1 aromatic heterocycles. The standard InChI is InChI=1S/C26H27N5O2/c1-19-27-26(22-8-7-20-5-3-4-6-21(20)17-22)31(28-19)18-25(32)30-15-13-29(14-16-30)23-9-11-24(33-2)12-10-23/h3-12,17H,13-16,18H2,1-2H3. The average Bonchev–Trinajstić information content (AvgIpc) is 3.23. The number of carbonyl (C=O) groups is 1. The number of anilines is 1. The second-order valence-corrected chi connectivity index (χ2v) is 8.27. The zero-order valence-electron chi connectivity index (χ0n) is 18.9. The molecule has 0 unspecified atom stereocenters. The van der Waals surface area contributed by atoms with E-state index in [1.807, 2.05) is 42.2 Å². The van der Waals surface area contributed by atoms with Crippen LogP contribution in [0.1, 0.15) is 5.82 Å². The molecule has 0 radical (unpaired) electrons. The van der Waals surface area contributed by atoms with E-state index in [1.54, 1.807) is 11.8 Å². The predicted octanol–water partition coefficient (Wildman–Crippen LogP) is 3.76. The average molecular weight is 442 g/mol. The first kappa shape index (κ1) is 21.0. The number of nitrogens with zero attached hydrogens (tertiary/aromatic N) is 5. The van der Waals surface area contributed by atoms with E-state index in [2.05, 4.69) is 51.4 Å². The van der Waals surface area contributed by atoms with Crippen molar-refractivity contribution in [1.82, 2.24) is 19.7 Å². The van der Waals surface area contributed by atoms with Crippen LogP contribution in [0.4, 0.5) is 5.69 Å². The summed E-state index contributed by atoms with van der Waals surface area (Å²) in [5.74, 6) is 2.30. The third-order valence-electron chi connectivity index (χ3n) is 6.14. The Morgan fingerprint density at radius 2 is 1.67 bits per heavy atom. The highest BCUT2D eigenvalue weighted by molar-refractivity contribution is 5.86. The van der Waals surface area contributed by atoms with Crippen LogP contribution in [0.15, 0.2) is 66.7 Å². The van der Waals surface area contributed by atoms with Gasteiger partial charge in [0.1, 0.15) is 18.1 Å². The number of amides is 1. The van der Waals surface area contributed by atoms with Gasteiger partial charge in [0.05, 0.1) is 7.11 Å². The predicted molar refractivity (Wildman–Crippen MR) is 129 cm³/mol. The Balaban J connectivity index is 1.27. The number of aromatic nitrogens is 3. The molecule has 3 aromatic carbocycles. The maximum atomic E-state index is 13.1. The lowest BCUT2D eigenvalue weighted by Gasteiger charge is -2.36. The van der Waals surface area contributed by atoms with Crippen molar-refractivity contribution in [2.45, 2.75) is 13.5 Å². The molecule has 7 heteroatoms. The van der Waals surface area contributed by atoms with E-state index in [-0.39, 0.29) is 12.5 Å². The second kappa shape index (κ2) is 8.94. The number of carbonyl (C=O) groups excluding carboxylic acids is 1. The summed E-state index contributed by atoms with van der Waals surface area (Å²) in [4.78, 5) is 21.9. The molecule has 0 atom stereocenters. The molecule has 2 heterocycles. The molecule has 1 saturated heterocycles. The molecule has 1 amide bonds. The van der Waals surface area contributed by atoms with Crippen LogP contribution in [0.3, 0.4) is 0 Å². The second-order valence-electron chi connectivity index (χ2n) is 8.27. The van der Waals surface area contributed by atoms with Gasteiger partial charge in [-0.25, -0.2) is 9.67 Å². The summed E-state index contributed by atoms with van der Waals surface area (Å²) in [7, 11) is 1.67. The summed E-state index contributed by atoms with van der Waals surface area (Å²) in [6, 6.07) is 22.5. The number of aryl methyl sites for hydroxylation is 1. The Hall–Kier alpha value is -3.87. The molecule has 1 fully saturated rings. The Bertz CT molecular complexity index is 1270. The topological polar surface area (TPSA) is 63.5 Å². The highest BCUT2D eigenvalue weighted by atomic mass is 16.5. The van der Waals surface area contributed by atoms with Gasteiger partial charge in [-0.3, -0.25) is 4.79 Å². The van der Waals surface area contributed by atoms with Gasteiger partial charge in [-0.1, -0.05) is 36.4 Å². The summed E-state index contributed by atoms with van der Waals surface area (Å²) in [6.45, 7) is 5.01. The molecule has 0 N–H and O–H groups in total. The number of methoxy groups -OCH3 is 1. The van der Waals surface area contributed by atoms with Crippen LogP contribution >= 0.6 is 0 Å². The molecule has 33 heavy (non-hydrogen) atoms. The highest BCUT2D eigenvalue weighted by Gasteiger charge is 2.23. The Morgan fingerprint density at radius 3 is 2.39 bits per heavy atom. The molecule has 4 aromatic rings. The fraction of sp³-hybridized carbons (Fsp3) is 0.269. The summed E-state index contributed by atoms with van der Waals surface area (Å²) < 4.78 is 6.97. The van der Waals surface area contributed by atoms with Crippen LogP contribution in [0.25, 0.3) is 22.2 Å². The van der Waals surface area contributed by atoms with Crippen molar-refractivity contribution in [3.63, 3.8) is 0 Å². The fourth-order valence-electron chi connectivity index (χ4n) is 4.34. The van der Waals surface area contributed by atoms with E-state index < -0.39 is 0 Å². The maximum Gasteiger partial charge on any atom is 0.244 e. The minimum Gasteiger partial charge on any atom is -0.497 e. The van der Waals surface area contributed by atoms with Gasteiger partial charge in [-0.05, 0) is 48.0 Å². The van der Waals surface area contributed by atoms with Crippen molar-refractivity contribution in [2.24, 2.45) is 0 Å². The van der Waals surface area contributed by atoms with Gasteiger partial charge >= 0.3 is 0 Å². The first-order chi connectivity index (χ1) is 16.1. The lowest BCUT2D eigenvalue weighted by atomic mass is 10.1. The molecule has 1 aliphatic heterocycles. The van der Waals surface area contributed by atoms with Gasteiger partial charge < -0.3 is 14.5 Å². The summed E-state index contributed by atoms with van der Waals surface area (Å²) in [5, 5.41) is 6.83. The number of benzene rings is 3. The molecular weight excluding hydrogens is 414 g/mol. The number of piperazine rings is 1. The summed E-state index contributed by atoms with van der Waals surface area (Å²) in [6.07, 6.45) is 0. The van der Waals surface area contributed by atoms with Crippen molar-refractivity contribution >= 4 is 22.4 Å². The number of fused-ring (bicyclic) bond motifs is 1. The van der Waals surface area contributed by atoms with Crippen molar-refractivity contribution in [2.75, 3.05) is 38.2 Å². The molecule has 0 bridgehead atoms. The smallest absolute Gasteiger partial charge is 0.244 e. The lowest BCUT2D eigenvalue weighted by Crippen LogP contribution is -2.49. The molecule has 7 nitrogen and oxygen atoms in total. The number of ether oxygens (including phenoxy) is 1. The Kier molecular flexibility index (Phi) is 5.69. The summed E-state index contributed by atoms with van der Waals surface area (Å²) in [5.41, 5.74) is 2.11. The number of hydrogen-bond donors (Lipinski definition) is 0. The minimum absolute atomic E-state index is 0.0660. The molecule has 0 saturated carbocycles. The van der Waals surface area contributed by atoms with Crippen molar-refractivity contribution in [3.8, 4) is 17.1 Å². The third-order valence-corrected chi connectivity index (χ3v) is 6.14. The van der Waals surface area contributed by atoms with Gasteiger partial charge in [0.15, 0.2) is 5.82 Å². The van der Waals surface area contributed by atoms with E-state index in [9.17, 15) is 4.79 Å². The van der Waals surface area contributed by atoms with Crippen LogP contribution in [0, 0.1) is 6.92 Å². The van der Waals surface area contributed by atoms with E-state index >= 15 is 0 Å². The van der Waals surface area contributed by atoms with Crippen molar-refractivity contribution in [3.05, 3.63) is 72.6 Å². The van der Waals surface area contributed by atoms with Crippen molar-refractivity contribution < 1.29 is 9.53 Å². The van der Waals surface area contributed by atoms with Gasteiger partial charge in [0.2, 0.25) is 5.91 Å². The van der Waals surface area contributed by atoms with Gasteiger partial charge in [0, 0.05) is 37.4 Å². The van der Waals surface area contributed by atoms with Crippen LogP contribution in [0.5, 0.6) is 5.75 Å². The molecular formula is C26H27N5O2. The SMILES string of the molecule is COc1ccc(N2CCN(C(=O)Cn3nc(C)nc3-c3ccc4ccccc4c3)CC2)cc1. The van der Waals surface area contributed by atoms with Gasteiger partial charge in [-0.15, -0.1) is 0 Å².